The molecular formula is C13H18O3S. The van der Waals surface area contributed by atoms with E-state index in [1.54, 1.807) is 11.4 Å². The molecule has 1 heterocycles. The van der Waals surface area contributed by atoms with Crippen LogP contribution >= 0.6 is 11.3 Å². The fourth-order valence-corrected chi connectivity index (χ4v) is 3.67. The highest BCUT2D eigenvalue weighted by Gasteiger charge is 2.37. The average molecular weight is 254 g/mol. The Morgan fingerprint density at radius 3 is 2.71 bits per heavy atom. The second kappa shape index (κ2) is 4.78. The van der Waals surface area contributed by atoms with Crippen LogP contribution in [0.5, 0.6) is 0 Å². The van der Waals surface area contributed by atoms with Gasteiger partial charge in [-0.3, -0.25) is 0 Å². The summed E-state index contributed by atoms with van der Waals surface area (Å²) in [5, 5.41) is 21.5. The van der Waals surface area contributed by atoms with Crippen LogP contribution in [-0.4, -0.2) is 16.2 Å². The van der Waals surface area contributed by atoms with E-state index in [0.717, 1.165) is 19.3 Å². The summed E-state index contributed by atoms with van der Waals surface area (Å²) >= 11 is 1.36. The molecule has 4 heteroatoms. The van der Waals surface area contributed by atoms with Crippen molar-refractivity contribution in [2.24, 2.45) is 5.92 Å². The van der Waals surface area contributed by atoms with E-state index in [-0.39, 0.29) is 5.56 Å². The summed E-state index contributed by atoms with van der Waals surface area (Å²) in [4.78, 5) is 11.7. The Morgan fingerprint density at radius 2 is 2.18 bits per heavy atom. The number of aromatic carboxylic acids is 1. The average Bonchev–Trinajstić information content (AvgIpc) is 2.80. The van der Waals surface area contributed by atoms with E-state index in [4.69, 9.17) is 5.11 Å². The summed E-state index contributed by atoms with van der Waals surface area (Å²) in [7, 11) is 0. The lowest BCUT2D eigenvalue weighted by Gasteiger charge is -2.35. The Hall–Kier alpha value is -0.870. The van der Waals surface area contributed by atoms with E-state index in [9.17, 15) is 9.90 Å². The molecule has 0 atom stereocenters. The number of carboxylic acid groups (broad SMARTS) is 1. The van der Waals surface area contributed by atoms with E-state index in [2.05, 4.69) is 6.92 Å². The number of rotatable bonds is 3. The zero-order valence-corrected chi connectivity index (χ0v) is 10.8. The van der Waals surface area contributed by atoms with E-state index in [1.807, 2.05) is 0 Å². The van der Waals surface area contributed by atoms with Crippen LogP contribution in [0, 0.1) is 5.92 Å². The first-order valence-electron chi connectivity index (χ1n) is 6.10. The van der Waals surface area contributed by atoms with Gasteiger partial charge in [-0.15, -0.1) is 11.3 Å². The lowest BCUT2D eigenvalue weighted by molar-refractivity contribution is -0.0123. The molecule has 1 aromatic heterocycles. The fourth-order valence-electron chi connectivity index (χ4n) is 2.63. The predicted octanol–water partition coefficient (Wildman–Crippen LogP) is 3.23. The van der Waals surface area contributed by atoms with E-state index in [1.165, 1.54) is 11.3 Å². The maximum absolute atomic E-state index is 11.1. The maximum Gasteiger partial charge on any atom is 0.336 e. The number of hydrogen-bond acceptors (Lipinski definition) is 3. The van der Waals surface area contributed by atoms with Gasteiger partial charge in [-0.05, 0) is 43.0 Å². The third-order valence-electron chi connectivity index (χ3n) is 3.83. The molecule has 0 aliphatic heterocycles. The first-order valence-corrected chi connectivity index (χ1v) is 6.98. The minimum atomic E-state index is -0.938. The third-order valence-corrected chi connectivity index (χ3v) is 4.94. The molecule has 1 aliphatic rings. The van der Waals surface area contributed by atoms with Gasteiger partial charge in [0, 0.05) is 0 Å². The van der Waals surface area contributed by atoms with Crippen molar-refractivity contribution in [3.63, 3.8) is 0 Å². The Balaban J connectivity index is 2.21. The monoisotopic (exact) mass is 254 g/mol. The Kier molecular flexibility index (Phi) is 3.54. The van der Waals surface area contributed by atoms with Gasteiger partial charge in [-0.2, -0.15) is 0 Å². The Bertz CT molecular complexity index is 403. The summed E-state index contributed by atoms with van der Waals surface area (Å²) in [6.07, 6.45) is 4.50. The van der Waals surface area contributed by atoms with E-state index < -0.39 is 11.6 Å². The van der Waals surface area contributed by atoms with Crippen molar-refractivity contribution in [2.75, 3.05) is 0 Å². The van der Waals surface area contributed by atoms with Gasteiger partial charge in [0.05, 0.1) is 16.0 Å². The lowest BCUT2D eigenvalue weighted by Crippen LogP contribution is -2.31. The maximum atomic E-state index is 11.1. The van der Waals surface area contributed by atoms with Gasteiger partial charge < -0.3 is 10.2 Å². The van der Waals surface area contributed by atoms with Gasteiger partial charge in [0.1, 0.15) is 0 Å². The lowest BCUT2D eigenvalue weighted by atomic mass is 9.76. The van der Waals surface area contributed by atoms with Crippen molar-refractivity contribution in [1.29, 1.82) is 0 Å². The molecule has 0 radical (unpaired) electrons. The van der Waals surface area contributed by atoms with Crippen LogP contribution in [0.3, 0.4) is 0 Å². The van der Waals surface area contributed by atoms with Gasteiger partial charge in [-0.25, -0.2) is 4.79 Å². The zero-order chi connectivity index (χ0) is 12.5. The summed E-state index contributed by atoms with van der Waals surface area (Å²) < 4.78 is 0. The van der Waals surface area contributed by atoms with Crippen molar-refractivity contribution in [3.05, 3.63) is 21.9 Å². The van der Waals surface area contributed by atoms with Crippen LogP contribution in [-0.2, 0) is 5.60 Å². The second-order valence-corrected chi connectivity index (χ2v) is 5.77. The van der Waals surface area contributed by atoms with Crippen LogP contribution in [0.4, 0.5) is 0 Å². The summed E-state index contributed by atoms with van der Waals surface area (Å²) in [5.74, 6) is -0.254. The molecular weight excluding hydrogens is 236 g/mol. The molecule has 1 aliphatic carbocycles. The molecule has 0 aromatic carbocycles. The quantitative estimate of drug-likeness (QED) is 0.870. The first kappa shape index (κ1) is 12.6. The molecule has 2 rings (SSSR count). The van der Waals surface area contributed by atoms with Crippen molar-refractivity contribution in [2.45, 2.75) is 44.6 Å². The molecule has 3 nitrogen and oxygen atoms in total. The van der Waals surface area contributed by atoms with Gasteiger partial charge >= 0.3 is 5.97 Å². The van der Waals surface area contributed by atoms with Crippen LogP contribution in [0.15, 0.2) is 11.4 Å². The highest BCUT2D eigenvalue weighted by molar-refractivity contribution is 7.10. The summed E-state index contributed by atoms with van der Waals surface area (Å²) in [6.45, 7) is 2.17. The van der Waals surface area contributed by atoms with Gasteiger partial charge in [-0.1, -0.05) is 13.3 Å². The van der Waals surface area contributed by atoms with Crippen molar-refractivity contribution < 1.29 is 15.0 Å². The van der Waals surface area contributed by atoms with Crippen molar-refractivity contribution in [3.8, 4) is 0 Å². The van der Waals surface area contributed by atoms with Crippen LogP contribution in [0.2, 0.25) is 0 Å². The highest BCUT2D eigenvalue weighted by Crippen LogP contribution is 2.43. The van der Waals surface area contributed by atoms with Crippen molar-refractivity contribution in [1.82, 2.24) is 0 Å². The topological polar surface area (TPSA) is 57.5 Å². The third kappa shape index (κ3) is 2.38. The predicted molar refractivity (Wildman–Crippen MR) is 67.4 cm³/mol. The van der Waals surface area contributed by atoms with E-state index in [0.29, 0.717) is 23.6 Å². The molecule has 0 bridgehead atoms. The molecule has 2 N–H and O–H groups in total. The Labute approximate surface area is 105 Å². The molecule has 1 aromatic rings. The van der Waals surface area contributed by atoms with Gasteiger partial charge in [0.15, 0.2) is 0 Å². The van der Waals surface area contributed by atoms with E-state index >= 15 is 0 Å². The van der Waals surface area contributed by atoms with Crippen LogP contribution in [0.1, 0.15) is 54.3 Å². The minimum Gasteiger partial charge on any atom is -0.478 e. The number of hydrogen-bond donors (Lipinski definition) is 2. The molecule has 1 fully saturated rings. The fraction of sp³-hybridized carbons (Fsp3) is 0.615. The second-order valence-electron chi connectivity index (χ2n) is 4.85. The molecule has 1 saturated carbocycles. The molecule has 0 spiro atoms. The normalized spacial score (nSPS) is 29.2. The first-order chi connectivity index (χ1) is 8.07. The molecule has 0 unspecified atom stereocenters. The molecule has 17 heavy (non-hydrogen) atoms. The summed E-state index contributed by atoms with van der Waals surface area (Å²) in [6, 6.07) is 1.59. The Morgan fingerprint density at radius 1 is 1.53 bits per heavy atom. The number of aliphatic hydroxyl groups is 1. The number of carboxylic acids is 1. The van der Waals surface area contributed by atoms with Gasteiger partial charge in [0.2, 0.25) is 0 Å². The summed E-state index contributed by atoms with van der Waals surface area (Å²) in [5.41, 5.74) is -0.638. The smallest absolute Gasteiger partial charge is 0.336 e. The molecule has 0 saturated heterocycles. The van der Waals surface area contributed by atoms with Crippen LogP contribution < -0.4 is 0 Å². The zero-order valence-electron chi connectivity index (χ0n) is 9.98. The van der Waals surface area contributed by atoms with Crippen molar-refractivity contribution >= 4 is 17.3 Å². The number of carbonyl (C=O) groups is 1. The largest absolute Gasteiger partial charge is 0.478 e. The molecule has 0 amide bonds. The van der Waals surface area contributed by atoms with Crippen LogP contribution in [0.25, 0.3) is 0 Å². The molecule has 94 valence electrons. The minimum absolute atomic E-state index is 0.271. The SMILES string of the molecule is CCC1CCC(O)(c2sccc2C(=O)O)CC1. The standard InChI is InChI=1S/C13H18O3S/c1-2-9-3-6-13(16,7-4-9)11-10(12(14)15)5-8-17-11/h5,8-9,16H,2-4,6-7H2,1H3,(H,14,15). The van der Waals surface area contributed by atoms with Gasteiger partial charge in [0.25, 0.3) is 0 Å². The number of thiophene rings is 1. The highest BCUT2D eigenvalue weighted by atomic mass is 32.1.